The molecular weight excluding hydrogens is 204 g/mol. The highest BCUT2D eigenvalue weighted by Gasteiger charge is 2.48. The van der Waals surface area contributed by atoms with Gasteiger partial charge in [-0.25, -0.2) is 4.79 Å². The zero-order valence-electron chi connectivity index (χ0n) is 9.89. The molecule has 3 saturated heterocycles. The van der Waals surface area contributed by atoms with Crippen molar-refractivity contribution in [2.75, 3.05) is 26.2 Å². The minimum atomic E-state index is -0.118. The number of hydrogen-bond acceptors (Lipinski definition) is 3. The molecule has 16 heavy (non-hydrogen) atoms. The number of fused-ring (bicyclic) bond motifs is 3. The van der Waals surface area contributed by atoms with Gasteiger partial charge in [-0.1, -0.05) is 0 Å². The van der Waals surface area contributed by atoms with Gasteiger partial charge < -0.3 is 9.64 Å². The zero-order valence-corrected chi connectivity index (χ0v) is 9.89. The molecule has 0 aliphatic carbocycles. The molecule has 3 aliphatic rings. The van der Waals surface area contributed by atoms with Crippen LogP contribution in [-0.4, -0.2) is 54.2 Å². The molecule has 0 spiro atoms. The lowest BCUT2D eigenvalue weighted by Gasteiger charge is -2.24. The maximum absolute atomic E-state index is 11.7. The molecule has 4 nitrogen and oxygen atoms in total. The predicted octanol–water partition coefficient (Wildman–Crippen LogP) is 1.31. The molecule has 0 aromatic rings. The molecular formula is C12H20N2O2. The molecule has 0 N–H and O–H groups in total. The summed E-state index contributed by atoms with van der Waals surface area (Å²) in [5.41, 5.74) is 0. The van der Waals surface area contributed by atoms with E-state index in [-0.39, 0.29) is 6.09 Å². The first-order chi connectivity index (χ1) is 7.79. The summed E-state index contributed by atoms with van der Waals surface area (Å²) in [6.45, 7) is 5.39. The molecule has 1 amide bonds. The maximum atomic E-state index is 11.7. The van der Waals surface area contributed by atoms with Crippen molar-refractivity contribution in [2.45, 2.75) is 38.3 Å². The number of hydrogen-bond donors (Lipinski definition) is 0. The van der Waals surface area contributed by atoms with Crippen LogP contribution in [0.2, 0.25) is 0 Å². The van der Waals surface area contributed by atoms with Gasteiger partial charge in [0.15, 0.2) is 0 Å². The first kappa shape index (κ1) is 10.4. The van der Waals surface area contributed by atoms with E-state index in [0.29, 0.717) is 18.6 Å². The quantitative estimate of drug-likeness (QED) is 0.673. The molecule has 0 bridgehead atoms. The highest BCUT2D eigenvalue weighted by molar-refractivity contribution is 5.68. The van der Waals surface area contributed by atoms with E-state index in [4.69, 9.17) is 4.74 Å². The predicted molar refractivity (Wildman–Crippen MR) is 60.2 cm³/mol. The minimum absolute atomic E-state index is 0.118. The molecule has 3 aliphatic heterocycles. The average Bonchev–Trinajstić information content (AvgIpc) is 2.87. The zero-order chi connectivity index (χ0) is 11.1. The van der Waals surface area contributed by atoms with Crippen LogP contribution < -0.4 is 0 Å². The second kappa shape index (κ2) is 3.91. The Hall–Kier alpha value is -0.770. The van der Waals surface area contributed by atoms with Crippen LogP contribution in [0.4, 0.5) is 4.79 Å². The number of amides is 1. The second-order valence-corrected chi connectivity index (χ2v) is 5.20. The molecule has 3 heterocycles. The van der Waals surface area contributed by atoms with Gasteiger partial charge in [0.05, 0.1) is 6.61 Å². The summed E-state index contributed by atoms with van der Waals surface area (Å²) >= 11 is 0. The Kier molecular flexibility index (Phi) is 2.54. The van der Waals surface area contributed by atoms with Crippen LogP contribution >= 0.6 is 0 Å². The fraction of sp³-hybridized carbons (Fsp3) is 0.917. The van der Waals surface area contributed by atoms with Crippen molar-refractivity contribution in [2.24, 2.45) is 5.92 Å². The molecule has 0 aromatic carbocycles. The van der Waals surface area contributed by atoms with E-state index in [2.05, 4.69) is 4.90 Å². The molecule has 0 radical (unpaired) electrons. The number of rotatable bonds is 1. The molecule has 3 fully saturated rings. The average molecular weight is 224 g/mol. The van der Waals surface area contributed by atoms with E-state index in [1.807, 2.05) is 11.8 Å². The van der Waals surface area contributed by atoms with Crippen molar-refractivity contribution >= 4 is 6.09 Å². The first-order valence-electron chi connectivity index (χ1n) is 6.47. The molecule has 0 aromatic heterocycles. The van der Waals surface area contributed by atoms with Gasteiger partial charge in [-0.3, -0.25) is 4.90 Å². The Morgan fingerprint density at radius 1 is 1.44 bits per heavy atom. The molecule has 4 heteroatoms. The Morgan fingerprint density at radius 3 is 3.12 bits per heavy atom. The van der Waals surface area contributed by atoms with Crippen LogP contribution in [-0.2, 0) is 4.74 Å². The molecule has 3 rings (SSSR count). The minimum Gasteiger partial charge on any atom is -0.450 e. The Morgan fingerprint density at radius 2 is 2.31 bits per heavy atom. The van der Waals surface area contributed by atoms with Gasteiger partial charge in [-0.05, 0) is 38.6 Å². The van der Waals surface area contributed by atoms with Gasteiger partial charge >= 0.3 is 6.09 Å². The van der Waals surface area contributed by atoms with Crippen LogP contribution in [0.3, 0.4) is 0 Å². The van der Waals surface area contributed by atoms with Crippen LogP contribution in [0.1, 0.15) is 26.2 Å². The number of likely N-dealkylation sites (tertiary alicyclic amines) is 1. The van der Waals surface area contributed by atoms with Crippen molar-refractivity contribution in [1.82, 2.24) is 9.80 Å². The molecule has 3 unspecified atom stereocenters. The van der Waals surface area contributed by atoms with Gasteiger partial charge in [0, 0.05) is 25.2 Å². The summed E-state index contributed by atoms with van der Waals surface area (Å²) < 4.78 is 5.07. The lowest BCUT2D eigenvalue weighted by molar-refractivity contribution is 0.109. The van der Waals surface area contributed by atoms with Crippen molar-refractivity contribution in [3.63, 3.8) is 0 Å². The smallest absolute Gasteiger partial charge is 0.409 e. The van der Waals surface area contributed by atoms with E-state index in [1.165, 1.54) is 25.8 Å². The standard InChI is InChI=1S/C12H20N2O2/c1-2-16-12(15)13-7-9-6-10-4-3-5-14(10)11(9)8-13/h9-11H,2-8H2,1H3. The Bertz CT molecular complexity index is 295. The number of ether oxygens (including phenoxy) is 1. The molecule has 0 saturated carbocycles. The lowest BCUT2D eigenvalue weighted by Crippen LogP contribution is -2.38. The van der Waals surface area contributed by atoms with Gasteiger partial charge in [0.1, 0.15) is 0 Å². The van der Waals surface area contributed by atoms with Crippen LogP contribution in [0, 0.1) is 5.92 Å². The van der Waals surface area contributed by atoms with Crippen molar-refractivity contribution in [1.29, 1.82) is 0 Å². The number of carbonyl (C=O) groups is 1. The number of nitrogens with zero attached hydrogens (tertiary/aromatic N) is 2. The highest BCUT2D eigenvalue weighted by Crippen LogP contribution is 2.40. The van der Waals surface area contributed by atoms with Crippen molar-refractivity contribution in [3.8, 4) is 0 Å². The van der Waals surface area contributed by atoms with E-state index in [9.17, 15) is 4.79 Å². The van der Waals surface area contributed by atoms with Gasteiger partial charge in [-0.2, -0.15) is 0 Å². The molecule has 3 atom stereocenters. The van der Waals surface area contributed by atoms with Crippen LogP contribution in [0.25, 0.3) is 0 Å². The van der Waals surface area contributed by atoms with E-state index < -0.39 is 0 Å². The van der Waals surface area contributed by atoms with Gasteiger partial charge in [0.25, 0.3) is 0 Å². The maximum Gasteiger partial charge on any atom is 0.409 e. The summed E-state index contributed by atoms with van der Waals surface area (Å²) in [7, 11) is 0. The Balaban J connectivity index is 1.64. The Labute approximate surface area is 96.5 Å². The third kappa shape index (κ3) is 1.51. The topological polar surface area (TPSA) is 32.8 Å². The van der Waals surface area contributed by atoms with Crippen molar-refractivity contribution in [3.05, 3.63) is 0 Å². The fourth-order valence-corrected chi connectivity index (χ4v) is 3.72. The van der Waals surface area contributed by atoms with E-state index >= 15 is 0 Å². The van der Waals surface area contributed by atoms with E-state index in [1.54, 1.807) is 0 Å². The first-order valence-corrected chi connectivity index (χ1v) is 6.47. The summed E-state index contributed by atoms with van der Waals surface area (Å²) in [6.07, 6.45) is 3.88. The summed E-state index contributed by atoms with van der Waals surface area (Å²) in [4.78, 5) is 16.2. The summed E-state index contributed by atoms with van der Waals surface area (Å²) in [5.74, 6) is 0.703. The van der Waals surface area contributed by atoms with Crippen molar-refractivity contribution < 1.29 is 9.53 Å². The second-order valence-electron chi connectivity index (χ2n) is 5.20. The van der Waals surface area contributed by atoms with Crippen LogP contribution in [0.5, 0.6) is 0 Å². The lowest BCUT2D eigenvalue weighted by atomic mass is 10.0. The summed E-state index contributed by atoms with van der Waals surface area (Å²) in [5, 5.41) is 0. The van der Waals surface area contributed by atoms with Gasteiger partial charge in [0.2, 0.25) is 0 Å². The normalized spacial score (nSPS) is 37.6. The highest BCUT2D eigenvalue weighted by atomic mass is 16.6. The van der Waals surface area contributed by atoms with Gasteiger partial charge in [-0.15, -0.1) is 0 Å². The van der Waals surface area contributed by atoms with Crippen LogP contribution in [0.15, 0.2) is 0 Å². The third-order valence-electron chi connectivity index (χ3n) is 4.36. The SMILES string of the molecule is CCOC(=O)N1CC2CC3CCCN3C2C1. The fourth-order valence-electron chi connectivity index (χ4n) is 3.72. The van der Waals surface area contributed by atoms with E-state index in [0.717, 1.165) is 19.1 Å². The monoisotopic (exact) mass is 224 g/mol. The summed E-state index contributed by atoms with van der Waals surface area (Å²) in [6, 6.07) is 1.44. The largest absolute Gasteiger partial charge is 0.450 e. The third-order valence-corrected chi connectivity index (χ3v) is 4.36. The molecule has 90 valence electrons. The number of carbonyl (C=O) groups excluding carboxylic acids is 1.